The minimum Gasteiger partial charge on any atom is -0.480 e. The van der Waals surface area contributed by atoms with E-state index in [4.69, 9.17) is 10.8 Å². The number of carbonyl (C=O) groups is 2. The number of anilines is 2. The number of nitrogens with two attached hydrogens (primary N) is 1. The first-order chi connectivity index (χ1) is 8.95. The molecule has 0 spiro atoms. The zero-order valence-corrected chi connectivity index (χ0v) is 11.2. The number of carboxylic acid groups (broad SMARTS) is 1. The maximum Gasteiger partial charge on any atom is 0.323 e. The zero-order chi connectivity index (χ0) is 14.4. The number of aliphatic carboxylic acids is 1. The number of likely N-dealkylation sites (N-methyl/N-ethyl adjacent to an activating group) is 1. The summed E-state index contributed by atoms with van der Waals surface area (Å²) in [6.07, 6.45) is 0. The summed E-state index contributed by atoms with van der Waals surface area (Å²) in [4.78, 5) is 25.8. The summed E-state index contributed by atoms with van der Waals surface area (Å²) in [5.41, 5.74) is 6.83. The summed E-state index contributed by atoms with van der Waals surface area (Å²) in [6, 6.07) is 6.90. The van der Waals surface area contributed by atoms with Crippen molar-refractivity contribution in [1.82, 2.24) is 4.90 Å². The van der Waals surface area contributed by atoms with E-state index in [0.29, 0.717) is 17.9 Å². The number of hydrogen-bond acceptors (Lipinski definition) is 4. The standard InChI is InChI=1S/C13H19N3O3/c1-3-15(2)12(17)8-16(9-13(18)19)11-7-5-4-6-10(11)14/h4-7H,3,8-9,14H2,1-2H3,(H,18,19). The van der Waals surface area contributed by atoms with Gasteiger partial charge in [-0.25, -0.2) is 0 Å². The van der Waals surface area contributed by atoms with Crippen molar-refractivity contribution in [3.8, 4) is 0 Å². The van der Waals surface area contributed by atoms with E-state index in [1.54, 1.807) is 31.3 Å². The van der Waals surface area contributed by atoms with Crippen LogP contribution in [0.1, 0.15) is 6.92 Å². The van der Waals surface area contributed by atoms with Crippen molar-refractivity contribution < 1.29 is 14.7 Å². The van der Waals surface area contributed by atoms with Gasteiger partial charge in [-0.2, -0.15) is 0 Å². The van der Waals surface area contributed by atoms with Crippen LogP contribution in [-0.2, 0) is 9.59 Å². The Morgan fingerprint density at radius 2 is 1.89 bits per heavy atom. The minimum atomic E-state index is -1.00. The highest BCUT2D eigenvalue weighted by Crippen LogP contribution is 2.22. The Kier molecular flexibility index (Phi) is 5.17. The average Bonchev–Trinajstić information content (AvgIpc) is 2.37. The summed E-state index contributed by atoms with van der Waals surface area (Å²) in [5.74, 6) is -1.15. The molecule has 0 aliphatic heterocycles. The molecule has 0 unspecified atom stereocenters. The maximum absolute atomic E-state index is 11.9. The monoisotopic (exact) mass is 265 g/mol. The first-order valence-corrected chi connectivity index (χ1v) is 6.01. The van der Waals surface area contributed by atoms with Gasteiger partial charge in [0.1, 0.15) is 6.54 Å². The van der Waals surface area contributed by atoms with Crippen molar-refractivity contribution in [2.45, 2.75) is 6.92 Å². The van der Waals surface area contributed by atoms with E-state index in [1.165, 1.54) is 9.80 Å². The molecule has 6 nitrogen and oxygen atoms in total. The second-order valence-corrected chi connectivity index (χ2v) is 4.22. The third-order valence-electron chi connectivity index (χ3n) is 2.83. The lowest BCUT2D eigenvalue weighted by atomic mass is 10.2. The molecule has 0 bridgehead atoms. The number of benzene rings is 1. The van der Waals surface area contributed by atoms with Gasteiger partial charge in [-0.3, -0.25) is 9.59 Å². The zero-order valence-electron chi connectivity index (χ0n) is 11.2. The van der Waals surface area contributed by atoms with E-state index in [1.807, 2.05) is 6.92 Å². The van der Waals surface area contributed by atoms with Gasteiger partial charge in [0.2, 0.25) is 5.91 Å². The molecular weight excluding hydrogens is 246 g/mol. The first-order valence-electron chi connectivity index (χ1n) is 6.01. The van der Waals surface area contributed by atoms with Crippen LogP contribution in [-0.4, -0.2) is 48.6 Å². The largest absolute Gasteiger partial charge is 0.480 e. The Labute approximate surface area is 112 Å². The molecule has 0 aliphatic rings. The van der Waals surface area contributed by atoms with Gasteiger partial charge in [-0.1, -0.05) is 12.1 Å². The number of rotatable bonds is 6. The fourth-order valence-corrected chi connectivity index (χ4v) is 1.63. The van der Waals surface area contributed by atoms with Gasteiger partial charge in [0.15, 0.2) is 0 Å². The van der Waals surface area contributed by atoms with Crippen LogP contribution in [0.25, 0.3) is 0 Å². The Morgan fingerprint density at radius 1 is 1.26 bits per heavy atom. The number of nitrogen functional groups attached to an aromatic ring is 1. The van der Waals surface area contributed by atoms with Crippen LogP contribution in [0.2, 0.25) is 0 Å². The summed E-state index contributed by atoms with van der Waals surface area (Å²) >= 11 is 0. The number of carboxylic acids is 1. The molecule has 6 heteroatoms. The van der Waals surface area contributed by atoms with E-state index in [0.717, 1.165) is 0 Å². The van der Waals surface area contributed by atoms with Crippen molar-refractivity contribution in [2.24, 2.45) is 0 Å². The number of carbonyl (C=O) groups excluding carboxylic acids is 1. The number of nitrogens with zero attached hydrogens (tertiary/aromatic N) is 2. The van der Waals surface area contributed by atoms with Gasteiger partial charge >= 0.3 is 5.97 Å². The van der Waals surface area contributed by atoms with Crippen LogP contribution >= 0.6 is 0 Å². The van der Waals surface area contributed by atoms with Gasteiger partial charge in [-0.15, -0.1) is 0 Å². The smallest absolute Gasteiger partial charge is 0.323 e. The number of hydrogen-bond donors (Lipinski definition) is 2. The van der Waals surface area contributed by atoms with Crippen LogP contribution in [0.5, 0.6) is 0 Å². The van der Waals surface area contributed by atoms with Gasteiger partial charge < -0.3 is 20.6 Å². The van der Waals surface area contributed by atoms with Gasteiger partial charge in [-0.05, 0) is 19.1 Å². The highest BCUT2D eigenvalue weighted by Gasteiger charge is 2.18. The van der Waals surface area contributed by atoms with Crippen LogP contribution in [0.3, 0.4) is 0 Å². The van der Waals surface area contributed by atoms with Crippen molar-refractivity contribution in [3.63, 3.8) is 0 Å². The number of para-hydroxylation sites is 2. The van der Waals surface area contributed by atoms with Crippen LogP contribution in [0, 0.1) is 0 Å². The highest BCUT2D eigenvalue weighted by molar-refractivity contribution is 5.86. The second kappa shape index (κ2) is 6.63. The molecule has 1 amide bonds. The van der Waals surface area contributed by atoms with E-state index in [2.05, 4.69) is 0 Å². The lowest BCUT2D eigenvalue weighted by molar-refractivity contribution is -0.135. The van der Waals surface area contributed by atoms with Gasteiger partial charge in [0.05, 0.1) is 17.9 Å². The molecule has 104 valence electrons. The first kappa shape index (κ1) is 14.8. The van der Waals surface area contributed by atoms with Crippen molar-refractivity contribution in [3.05, 3.63) is 24.3 Å². The summed E-state index contributed by atoms with van der Waals surface area (Å²) < 4.78 is 0. The molecule has 0 aromatic heterocycles. The Morgan fingerprint density at radius 3 is 2.42 bits per heavy atom. The van der Waals surface area contributed by atoms with Gasteiger partial charge in [0, 0.05) is 13.6 Å². The fourth-order valence-electron chi connectivity index (χ4n) is 1.63. The lowest BCUT2D eigenvalue weighted by Gasteiger charge is -2.26. The minimum absolute atomic E-state index is 0.00907. The molecule has 0 heterocycles. The predicted octanol–water partition coefficient (Wildman–Crippen LogP) is 0.638. The van der Waals surface area contributed by atoms with Gasteiger partial charge in [0.25, 0.3) is 0 Å². The fraction of sp³-hybridized carbons (Fsp3) is 0.385. The molecule has 3 N–H and O–H groups in total. The maximum atomic E-state index is 11.9. The molecule has 1 aromatic carbocycles. The lowest BCUT2D eigenvalue weighted by Crippen LogP contribution is -2.41. The molecule has 0 atom stereocenters. The number of amides is 1. The molecule has 1 rings (SSSR count). The van der Waals surface area contributed by atoms with E-state index < -0.39 is 5.97 Å². The predicted molar refractivity (Wildman–Crippen MR) is 74.0 cm³/mol. The summed E-state index contributed by atoms with van der Waals surface area (Å²) in [7, 11) is 1.68. The van der Waals surface area contributed by atoms with Crippen molar-refractivity contribution >= 4 is 23.3 Å². The summed E-state index contributed by atoms with van der Waals surface area (Å²) in [5, 5.41) is 8.94. The molecule has 19 heavy (non-hydrogen) atoms. The van der Waals surface area contributed by atoms with Crippen LogP contribution in [0.4, 0.5) is 11.4 Å². The molecular formula is C13H19N3O3. The third-order valence-corrected chi connectivity index (χ3v) is 2.83. The molecule has 0 fully saturated rings. The van der Waals surface area contributed by atoms with E-state index in [-0.39, 0.29) is 19.0 Å². The Bertz CT molecular complexity index is 462. The molecule has 0 radical (unpaired) electrons. The average molecular weight is 265 g/mol. The highest BCUT2D eigenvalue weighted by atomic mass is 16.4. The molecule has 0 aliphatic carbocycles. The molecule has 0 saturated heterocycles. The SMILES string of the molecule is CCN(C)C(=O)CN(CC(=O)O)c1ccccc1N. The Balaban J connectivity index is 2.93. The second-order valence-electron chi connectivity index (χ2n) is 4.22. The van der Waals surface area contributed by atoms with Crippen molar-refractivity contribution in [1.29, 1.82) is 0 Å². The van der Waals surface area contributed by atoms with Crippen LogP contribution in [0.15, 0.2) is 24.3 Å². The van der Waals surface area contributed by atoms with E-state index in [9.17, 15) is 9.59 Å². The normalized spacial score (nSPS) is 10.0. The Hall–Kier alpha value is -2.24. The van der Waals surface area contributed by atoms with Crippen LogP contribution < -0.4 is 10.6 Å². The summed E-state index contributed by atoms with van der Waals surface area (Å²) in [6.45, 7) is 2.16. The van der Waals surface area contributed by atoms with Crippen molar-refractivity contribution in [2.75, 3.05) is 37.3 Å². The molecule has 0 saturated carbocycles. The van der Waals surface area contributed by atoms with E-state index >= 15 is 0 Å². The molecule has 1 aromatic rings. The quantitative estimate of drug-likeness (QED) is 0.737. The topological polar surface area (TPSA) is 86.9 Å². The third kappa shape index (κ3) is 4.17.